The van der Waals surface area contributed by atoms with Crippen molar-refractivity contribution in [2.45, 2.75) is 57.5 Å². The van der Waals surface area contributed by atoms with Crippen LogP contribution in [-0.4, -0.2) is 43.3 Å². The Bertz CT molecular complexity index is 277. The summed E-state index contributed by atoms with van der Waals surface area (Å²) in [5.74, 6) is 0.608. The van der Waals surface area contributed by atoms with Crippen LogP contribution in [0.15, 0.2) is 0 Å². The van der Waals surface area contributed by atoms with Crippen LogP contribution < -0.4 is 5.32 Å². The zero-order valence-corrected chi connectivity index (χ0v) is 11.7. The molecule has 0 spiro atoms. The van der Waals surface area contributed by atoms with Crippen LogP contribution in [0.3, 0.4) is 0 Å². The minimum absolute atomic E-state index is 0.175. The number of carbonyl (C=O) groups excluding carboxylic acids is 1. The van der Waals surface area contributed by atoms with Crippen molar-refractivity contribution in [2.24, 2.45) is 5.92 Å². The number of rotatable bonds is 3. The lowest BCUT2D eigenvalue weighted by Crippen LogP contribution is -2.53. The zero-order chi connectivity index (χ0) is 13.0. The first-order chi connectivity index (χ1) is 8.72. The molecule has 2 fully saturated rings. The molecule has 1 aliphatic carbocycles. The number of nitrogens with zero attached hydrogens (tertiary/aromatic N) is 1. The molecule has 0 aromatic rings. The molecule has 1 aliphatic heterocycles. The SMILES string of the molecule is CCC1CC(NC2CCCC2)CN(C(=O)OC)C1. The number of piperidine rings is 1. The Hall–Kier alpha value is -0.770. The maximum absolute atomic E-state index is 11.7. The molecule has 2 aliphatic rings. The Balaban J connectivity index is 1.90. The van der Waals surface area contributed by atoms with Crippen molar-refractivity contribution in [1.29, 1.82) is 0 Å². The fourth-order valence-electron chi connectivity index (χ4n) is 3.32. The maximum atomic E-state index is 11.7. The van der Waals surface area contributed by atoms with Crippen LogP contribution in [-0.2, 0) is 4.74 Å². The Morgan fingerprint density at radius 1 is 1.28 bits per heavy atom. The summed E-state index contributed by atoms with van der Waals surface area (Å²) in [5, 5.41) is 3.74. The molecule has 1 saturated carbocycles. The topological polar surface area (TPSA) is 41.6 Å². The molecule has 4 heteroatoms. The van der Waals surface area contributed by atoms with Gasteiger partial charge in [-0.3, -0.25) is 0 Å². The van der Waals surface area contributed by atoms with Crippen molar-refractivity contribution in [3.63, 3.8) is 0 Å². The highest BCUT2D eigenvalue weighted by Gasteiger charge is 2.31. The average molecular weight is 254 g/mol. The Morgan fingerprint density at radius 3 is 2.61 bits per heavy atom. The molecule has 18 heavy (non-hydrogen) atoms. The van der Waals surface area contributed by atoms with Gasteiger partial charge in [0.25, 0.3) is 0 Å². The van der Waals surface area contributed by atoms with E-state index in [0.717, 1.165) is 19.5 Å². The molecule has 0 aromatic heterocycles. The van der Waals surface area contributed by atoms with E-state index in [0.29, 0.717) is 18.0 Å². The second-order valence-corrected chi connectivity index (χ2v) is 5.73. The van der Waals surface area contributed by atoms with Crippen molar-refractivity contribution in [2.75, 3.05) is 20.2 Å². The molecule has 104 valence electrons. The monoisotopic (exact) mass is 254 g/mol. The lowest BCUT2D eigenvalue weighted by Gasteiger charge is -2.38. The molecule has 0 aromatic carbocycles. The van der Waals surface area contributed by atoms with Gasteiger partial charge in [-0.25, -0.2) is 4.79 Å². The fourth-order valence-corrected chi connectivity index (χ4v) is 3.32. The summed E-state index contributed by atoms with van der Waals surface area (Å²) in [6.07, 6.45) is 7.45. The molecule has 2 atom stereocenters. The van der Waals surface area contributed by atoms with E-state index in [-0.39, 0.29) is 6.09 Å². The highest BCUT2D eigenvalue weighted by molar-refractivity contribution is 5.67. The quantitative estimate of drug-likeness (QED) is 0.841. The second-order valence-electron chi connectivity index (χ2n) is 5.73. The molecule has 1 saturated heterocycles. The smallest absolute Gasteiger partial charge is 0.409 e. The molecular formula is C14H26N2O2. The van der Waals surface area contributed by atoms with E-state index in [2.05, 4.69) is 12.2 Å². The lowest BCUT2D eigenvalue weighted by molar-refractivity contribution is 0.0881. The van der Waals surface area contributed by atoms with Crippen molar-refractivity contribution in [1.82, 2.24) is 10.2 Å². The number of carbonyl (C=O) groups is 1. The minimum Gasteiger partial charge on any atom is -0.453 e. The lowest BCUT2D eigenvalue weighted by atomic mass is 9.92. The summed E-state index contributed by atoms with van der Waals surface area (Å²) in [7, 11) is 1.47. The molecule has 0 radical (unpaired) electrons. The number of methoxy groups -OCH3 is 1. The molecule has 1 heterocycles. The molecule has 4 nitrogen and oxygen atoms in total. The third-order valence-electron chi connectivity index (χ3n) is 4.37. The summed E-state index contributed by atoms with van der Waals surface area (Å²) >= 11 is 0. The number of hydrogen-bond acceptors (Lipinski definition) is 3. The van der Waals surface area contributed by atoms with Crippen LogP contribution >= 0.6 is 0 Å². The predicted octanol–water partition coefficient (Wildman–Crippen LogP) is 2.39. The number of amides is 1. The van der Waals surface area contributed by atoms with Crippen LogP contribution in [0.25, 0.3) is 0 Å². The van der Waals surface area contributed by atoms with Gasteiger partial charge in [0.1, 0.15) is 0 Å². The van der Waals surface area contributed by atoms with Gasteiger partial charge in [0.2, 0.25) is 0 Å². The zero-order valence-electron chi connectivity index (χ0n) is 11.7. The second kappa shape index (κ2) is 6.41. The van der Waals surface area contributed by atoms with E-state index in [1.54, 1.807) is 0 Å². The van der Waals surface area contributed by atoms with Gasteiger partial charge < -0.3 is 15.0 Å². The summed E-state index contributed by atoms with van der Waals surface area (Å²) in [4.78, 5) is 13.6. The standard InChI is InChI=1S/C14H26N2O2/c1-3-11-8-13(15-12-6-4-5-7-12)10-16(9-11)14(17)18-2/h11-13,15H,3-10H2,1-2H3. The van der Waals surface area contributed by atoms with Crippen molar-refractivity contribution in [3.05, 3.63) is 0 Å². The molecule has 2 unspecified atom stereocenters. The summed E-state index contributed by atoms with van der Waals surface area (Å²) in [6, 6.07) is 1.12. The van der Waals surface area contributed by atoms with Crippen molar-refractivity contribution < 1.29 is 9.53 Å². The van der Waals surface area contributed by atoms with Crippen molar-refractivity contribution in [3.8, 4) is 0 Å². The highest BCUT2D eigenvalue weighted by atomic mass is 16.5. The number of likely N-dealkylation sites (tertiary alicyclic amines) is 1. The maximum Gasteiger partial charge on any atom is 0.409 e. The van der Waals surface area contributed by atoms with E-state index >= 15 is 0 Å². The average Bonchev–Trinajstić information content (AvgIpc) is 2.90. The van der Waals surface area contributed by atoms with Gasteiger partial charge in [0.05, 0.1) is 7.11 Å². The van der Waals surface area contributed by atoms with Crippen LogP contribution in [0.5, 0.6) is 0 Å². The van der Waals surface area contributed by atoms with Crippen LogP contribution in [0.2, 0.25) is 0 Å². The van der Waals surface area contributed by atoms with E-state index in [1.165, 1.54) is 39.2 Å². The number of ether oxygens (including phenoxy) is 1. The van der Waals surface area contributed by atoms with E-state index < -0.39 is 0 Å². The minimum atomic E-state index is -0.175. The highest BCUT2D eigenvalue weighted by Crippen LogP contribution is 2.24. The largest absolute Gasteiger partial charge is 0.453 e. The van der Waals surface area contributed by atoms with Gasteiger partial charge in [0.15, 0.2) is 0 Å². The van der Waals surface area contributed by atoms with Gasteiger partial charge >= 0.3 is 6.09 Å². The molecular weight excluding hydrogens is 228 g/mol. The van der Waals surface area contributed by atoms with Gasteiger partial charge in [-0.1, -0.05) is 26.2 Å². The van der Waals surface area contributed by atoms with Gasteiger partial charge in [-0.2, -0.15) is 0 Å². The Morgan fingerprint density at radius 2 is 2.00 bits per heavy atom. The van der Waals surface area contributed by atoms with Gasteiger partial charge in [-0.15, -0.1) is 0 Å². The number of nitrogens with one attached hydrogen (secondary N) is 1. The predicted molar refractivity (Wildman–Crippen MR) is 71.6 cm³/mol. The first-order valence-electron chi connectivity index (χ1n) is 7.31. The Labute approximate surface area is 110 Å². The van der Waals surface area contributed by atoms with E-state index in [1.807, 2.05) is 4.90 Å². The molecule has 1 amide bonds. The first-order valence-corrected chi connectivity index (χ1v) is 7.31. The third kappa shape index (κ3) is 3.37. The fraction of sp³-hybridized carbons (Fsp3) is 0.929. The number of hydrogen-bond donors (Lipinski definition) is 1. The summed E-state index contributed by atoms with van der Waals surface area (Å²) < 4.78 is 4.86. The van der Waals surface area contributed by atoms with Crippen molar-refractivity contribution >= 4 is 6.09 Å². The van der Waals surface area contributed by atoms with Crippen LogP contribution in [0.1, 0.15) is 45.4 Å². The van der Waals surface area contributed by atoms with Crippen LogP contribution in [0, 0.1) is 5.92 Å². The van der Waals surface area contributed by atoms with Gasteiger partial charge in [0, 0.05) is 25.2 Å². The molecule has 2 rings (SSSR count). The summed E-state index contributed by atoms with van der Waals surface area (Å²) in [6.45, 7) is 3.86. The van der Waals surface area contributed by atoms with E-state index in [4.69, 9.17) is 4.74 Å². The normalized spacial score (nSPS) is 29.6. The summed E-state index contributed by atoms with van der Waals surface area (Å²) in [5.41, 5.74) is 0. The third-order valence-corrected chi connectivity index (χ3v) is 4.37. The van der Waals surface area contributed by atoms with Gasteiger partial charge in [-0.05, 0) is 25.2 Å². The first kappa shape index (κ1) is 13.7. The van der Waals surface area contributed by atoms with Crippen LogP contribution in [0.4, 0.5) is 4.79 Å². The van der Waals surface area contributed by atoms with E-state index in [9.17, 15) is 4.79 Å². The molecule has 0 bridgehead atoms. The molecule has 1 N–H and O–H groups in total. The Kier molecular flexibility index (Phi) is 4.87.